The third kappa shape index (κ3) is 4.64. The van der Waals surface area contributed by atoms with Crippen molar-refractivity contribution < 1.29 is 4.39 Å². The molecule has 0 amide bonds. The largest absolute Gasteiger partial charge is 0.367 e. The van der Waals surface area contributed by atoms with Crippen LogP contribution in [0.2, 0.25) is 0 Å². The van der Waals surface area contributed by atoms with E-state index in [0.717, 1.165) is 28.5 Å². The second kappa shape index (κ2) is 9.70. The molecular weight excluding hydrogens is 469 g/mol. The summed E-state index contributed by atoms with van der Waals surface area (Å²) in [6, 6.07) is 12.6. The van der Waals surface area contributed by atoms with Crippen LogP contribution in [0.1, 0.15) is 55.7 Å². The minimum Gasteiger partial charge on any atom is -0.367 e. The number of para-hydroxylation sites is 1. The third-order valence-corrected chi connectivity index (χ3v) is 7.67. The van der Waals surface area contributed by atoms with Gasteiger partial charge >= 0.3 is 0 Å². The van der Waals surface area contributed by atoms with Gasteiger partial charge in [-0.3, -0.25) is 9.69 Å². The van der Waals surface area contributed by atoms with Crippen molar-refractivity contribution in [3.05, 3.63) is 81.2 Å². The zero-order chi connectivity index (χ0) is 26.3. The SMILES string of the molecule is CCC(C)(C)n1nnnc1[C@@H](c1cc2cc(C)cc(C)c2[nH]c1=O)N1CCN(c2ccccc2F)CC1. The van der Waals surface area contributed by atoms with Crippen molar-refractivity contribution in [2.75, 3.05) is 31.1 Å². The van der Waals surface area contributed by atoms with Gasteiger partial charge in [0.25, 0.3) is 5.56 Å². The summed E-state index contributed by atoms with van der Waals surface area (Å²) in [6.07, 6.45) is 0.825. The van der Waals surface area contributed by atoms with Gasteiger partial charge in [0, 0.05) is 31.7 Å². The van der Waals surface area contributed by atoms with Crippen LogP contribution in [-0.2, 0) is 5.54 Å². The number of H-pyrrole nitrogens is 1. The lowest BCUT2D eigenvalue weighted by molar-refractivity contribution is 0.186. The van der Waals surface area contributed by atoms with Gasteiger partial charge in [-0.05, 0) is 79.8 Å². The van der Waals surface area contributed by atoms with Crippen LogP contribution in [0.25, 0.3) is 10.9 Å². The number of fused-ring (bicyclic) bond motifs is 1. The first-order valence-corrected chi connectivity index (χ1v) is 12.9. The minimum absolute atomic E-state index is 0.148. The molecule has 3 heterocycles. The summed E-state index contributed by atoms with van der Waals surface area (Å²) in [6.45, 7) is 12.9. The molecule has 2 aromatic heterocycles. The number of nitrogens with one attached hydrogen (secondary N) is 1. The Bertz CT molecular complexity index is 1480. The number of aryl methyl sites for hydroxylation is 2. The normalized spacial score (nSPS) is 15.9. The monoisotopic (exact) mass is 503 g/mol. The second-order valence-electron chi connectivity index (χ2n) is 10.6. The molecule has 1 saturated heterocycles. The first-order chi connectivity index (χ1) is 17.7. The number of halogens is 1. The summed E-state index contributed by atoms with van der Waals surface area (Å²) >= 11 is 0. The molecule has 1 fully saturated rings. The van der Waals surface area contributed by atoms with Gasteiger partial charge in [-0.15, -0.1) is 5.10 Å². The lowest BCUT2D eigenvalue weighted by atomic mass is 9.98. The number of benzene rings is 2. The van der Waals surface area contributed by atoms with Crippen LogP contribution in [0.5, 0.6) is 0 Å². The Hall–Kier alpha value is -3.59. The fourth-order valence-electron chi connectivity index (χ4n) is 5.28. The van der Waals surface area contributed by atoms with Crippen molar-refractivity contribution in [2.45, 2.75) is 52.6 Å². The van der Waals surface area contributed by atoms with Crippen molar-refractivity contribution in [1.29, 1.82) is 0 Å². The Morgan fingerprint density at radius 2 is 1.81 bits per heavy atom. The molecule has 194 valence electrons. The van der Waals surface area contributed by atoms with E-state index in [-0.39, 0.29) is 16.9 Å². The Morgan fingerprint density at radius 1 is 1.08 bits per heavy atom. The van der Waals surface area contributed by atoms with Crippen molar-refractivity contribution >= 4 is 16.6 Å². The van der Waals surface area contributed by atoms with E-state index < -0.39 is 6.04 Å². The zero-order valence-corrected chi connectivity index (χ0v) is 22.1. The van der Waals surface area contributed by atoms with Crippen LogP contribution < -0.4 is 10.5 Å². The standard InChI is InChI=1S/C28H34FN7O/c1-6-28(4,5)36-26(31-32-33-36)25(21-17-20-16-18(2)15-19(3)24(20)30-27(21)37)35-13-11-34(12-14-35)23-10-8-7-9-22(23)29/h7-10,15-17,25H,6,11-14H2,1-5H3,(H,30,37)/t25-/m1/s1. The minimum atomic E-state index is -0.447. The first-order valence-electron chi connectivity index (χ1n) is 12.9. The number of nitrogens with zero attached hydrogens (tertiary/aromatic N) is 6. The maximum atomic E-state index is 14.5. The fraction of sp³-hybridized carbons (Fsp3) is 0.429. The van der Waals surface area contributed by atoms with Crippen LogP contribution >= 0.6 is 0 Å². The Kier molecular flexibility index (Phi) is 6.58. The molecule has 0 radical (unpaired) electrons. The highest BCUT2D eigenvalue weighted by Gasteiger charge is 2.36. The molecule has 0 bridgehead atoms. The van der Waals surface area contributed by atoms with E-state index in [0.29, 0.717) is 43.3 Å². The van der Waals surface area contributed by atoms with E-state index in [9.17, 15) is 9.18 Å². The van der Waals surface area contributed by atoms with Gasteiger partial charge in [-0.1, -0.05) is 30.7 Å². The number of piperazine rings is 1. The number of rotatable bonds is 6. The summed E-state index contributed by atoms with van der Waals surface area (Å²) in [5.41, 5.74) is 3.74. The van der Waals surface area contributed by atoms with Crippen LogP contribution in [0.15, 0.2) is 47.3 Å². The zero-order valence-electron chi connectivity index (χ0n) is 22.1. The van der Waals surface area contributed by atoms with Crippen LogP contribution in [-0.4, -0.2) is 56.3 Å². The average Bonchev–Trinajstić information content (AvgIpc) is 3.36. The number of pyridine rings is 1. The van der Waals surface area contributed by atoms with Crippen LogP contribution in [0.4, 0.5) is 10.1 Å². The molecule has 1 aliphatic rings. The molecule has 0 saturated carbocycles. The number of aromatic nitrogens is 5. The molecule has 0 spiro atoms. The van der Waals surface area contributed by atoms with E-state index in [1.165, 1.54) is 6.07 Å². The lowest BCUT2D eigenvalue weighted by Crippen LogP contribution is -2.50. The Morgan fingerprint density at radius 3 is 2.51 bits per heavy atom. The van der Waals surface area contributed by atoms with Gasteiger partial charge in [0.05, 0.1) is 16.7 Å². The summed E-state index contributed by atoms with van der Waals surface area (Å²) in [7, 11) is 0. The molecule has 1 N–H and O–H groups in total. The molecule has 0 unspecified atom stereocenters. The predicted molar refractivity (Wildman–Crippen MR) is 144 cm³/mol. The van der Waals surface area contributed by atoms with Gasteiger partial charge in [0.2, 0.25) is 0 Å². The van der Waals surface area contributed by atoms with E-state index in [1.54, 1.807) is 6.07 Å². The maximum Gasteiger partial charge on any atom is 0.253 e. The fourth-order valence-corrected chi connectivity index (χ4v) is 5.28. The molecule has 37 heavy (non-hydrogen) atoms. The molecule has 9 heteroatoms. The highest BCUT2D eigenvalue weighted by Crippen LogP contribution is 2.32. The summed E-state index contributed by atoms with van der Waals surface area (Å²) in [5.74, 6) is 0.415. The number of anilines is 1. The van der Waals surface area contributed by atoms with Crippen molar-refractivity contribution in [1.82, 2.24) is 30.1 Å². The first kappa shape index (κ1) is 25.1. The average molecular weight is 504 g/mol. The topological polar surface area (TPSA) is 82.9 Å². The molecular formula is C28H34FN7O. The van der Waals surface area contributed by atoms with Crippen LogP contribution in [0.3, 0.4) is 0 Å². The van der Waals surface area contributed by atoms with E-state index in [2.05, 4.69) is 70.1 Å². The number of hydrogen-bond donors (Lipinski definition) is 1. The molecule has 8 nitrogen and oxygen atoms in total. The quantitative estimate of drug-likeness (QED) is 0.422. The third-order valence-electron chi connectivity index (χ3n) is 7.67. The van der Waals surface area contributed by atoms with E-state index in [4.69, 9.17) is 0 Å². The molecule has 1 atom stereocenters. The van der Waals surface area contributed by atoms with Gasteiger partial charge in [-0.25, -0.2) is 9.07 Å². The summed E-state index contributed by atoms with van der Waals surface area (Å²) in [5, 5.41) is 13.8. The van der Waals surface area contributed by atoms with Crippen molar-refractivity contribution in [3.63, 3.8) is 0 Å². The molecule has 4 aromatic rings. The highest BCUT2D eigenvalue weighted by atomic mass is 19.1. The molecule has 5 rings (SSSR count). The molecule has 1 aliphatic heterocycles. The smallest absolute Gasteiger partial charge is 0.253 e. The maximum absolute atomic E-state index is 14.5. The summed E-state index contributed by atoms with van der Waals surface area (Å²) < 4.78 is 16.3. The molecule has 0 aliphatic carbocycles. The lowest BCUT2D eigenvalue weighted by Gasteiger charge is -2.40. The van der Waals surface area contributed by atoms with Gasteiger partial charge in [-0.2, -0.15) is 0 Å². The molecule has 2 aromatic carbocycles. The number of hydrogen-bond acceptors (Lipinski definition) is 6. The second-order valence-corrected chi connectivity index (χ2v) is 10.6. The number of tetrazole rings is 1. The van der Waals surface area contributed by atoms with Crippen LogP contribution in [0, 0.1) is 19.7 Å². The Labute approximate surface area is 216 Å². The Balaban J connectivity index is 1.59. The van der Waals surface area contributed by atoms with Gasteiger partial charge in [0.15, 0.2) is 5.82 Å². The predicted octanol–water partition coefficient (Wildman–Crippen LogP) is 4.33. The van der Waals surface area contributed by atoms with E-state index in [1.807, 2.05) is 29.8 Å². The highest BCUT2D eigenvalue weighted by molar-refractivity contribution is 5.83. The number of aromatic amines is 1. The van der Waals surface area contributed by atoms with Crippen molar-refractivity contribution in [3.8, 4) is 0 Å². The van der Waals surface area contributed by atoms with Gasteiger partial charge in [0.1, 0.15) is 11.9 Å². The van der Waals surface area contributed by atoms with Gasteiger partial charge < -0.3 is 9.88 Å². The summed E-state index contributed by atoms with van der Waals surface area (Å²) in [4.78, 5) is 21.0. The van der Waals surface area contributed by atoms with E-state index >= 15 is 0 Å². The van der Waals surface area contributed by atoms with Crippen molar-refractivity contribution in [2.24, 2.45) is 0 Å².